The number of hydrogen-bond donors (Lipinski definition) is 0. The molecule has 132 valence electrons. The molecule has 0 N–H and O–H groups in total. The smallest absolute Gasteiger partial charge is 0.0840 e. The van der Waals surface area contributed by atoms with E-state index in [1.54, 1.807) is 0 Å². The quantitative estimate of drug-likeness (QED) is 0.829. The van der Waals surface area contributed by atoms with Gasteiger partial charge in [-0.2, -0.15) is 0 Å². The summed E-state index contributed by atoms with van der Waals surface area (Å²) < 4.78 is 12.3. The van der Waals surface area contributed by atoms with Crippen molar-refractivity contribution in [2.75, 3.05) is 26.2 Å². The second-order valence-corrected chi connectivity index (χ2v) is 7.94. The Bertz CT molecular complexity index is 508. The lowest BCUT2D eigenvalue weighted by Gasteiger charge is -2.39. The fourth-order valence-electron chi connectivity index (χ4n) is 4.65. The fourth-order valence-corrected chi connectivity index (χ4v) is 4.65. The van der Waals surface area contributed by atoms with Gasteiger partial charge >= 0.3 is 0 Å². The molecule has 1 aliphatic carbocycles. The molecule has 1 aromatic heterocycles. The van der Waals surface area contributed by atoms with E-state index in [1.807, 2.05) is 24.5 Å². The van der Waals surface area contributed by atoms with Crippen LogP contribution in [0.5, 0.6) is 0 Å². The van der Waals surface area contributed by atoms with Crippen LogP contribution < -0.4 is 0 Å². The van der Waals surface area contributed by atoms with Crippen LogP contribution in [-0.2, 0) is 16.1 Å². The van der Waals surface area contributed by atoms with E-state index >= 15 is 0 Å². The summed E-state index contributed by atoms with van der Waals surface area (Å²) in [5, 5.41) is 0. The van der Waals surface area contributed by atoms with Crippen molar-refractivity contribution >= 4 is 0 Å². The molecule has 0 radical (unpaired) electrons. The van der Waals surface area contributed by atoms with Crippen LogP contribution in [0.2, 0.25) is 0 Å². The molecule has 1 saturated carbocycles. The number of rotatable bonds is 5. The number of piperidine rings is 1. The summed E-state index contributed by atoms with van der Waals surface area (Å²) in [5.74, 6) is 0.958. The third-order valence-corrected chi connectivity index (χ3v) is 6.17. The van der Waals surface area contributed by atoms with Crippen LogP contribution in [0.25, 0.3) is 0 Å². The lowest BCUT2D eigenvalue weighted by molar-refractivity contribution is -0.0473. The van der Waals surface area contributed by atoms with E-state index < -0.39 is 0 Å². The van der Waals surface area contributed by atoms with Crippen molar-refractivity contribution in [1.29, 1.82) is 0 Å². The third-order valence-electron chi connectivity index (χ3n) is 6.17. The Hall–Kier alpha value is -0.970. The summed E-state index contributed by atoms with van der Waals surface area (Å²) in [6.45, 7) is 5.15. The molecule has 3 heterocycles. The summed E-state index contributed by atoms with van der Waals surface area (Å²) in [5.41, 5.74) is 1.28. The van der Waals surface area contributed by atoms with E-state index in [1.165, 1.54) is 63.7 Å². The zero-order chi connectivity index (χ0) is 16.2. The zero-order valence-corrected chi connectivity index (χ0v) is 14.7. The average Bonchev–Trinajstić information content (AvgIpc) is 3.27. The Morgan fingerprint density at radius 2 is 1.92 bits per heavy atom. The Morgan fingerprint density at radius 1 is 1.17 bits per heavy atom. The van der Waals surface area contributed by atoms with Gasteiger partial charge in [0, 0.05) is 38.4 Å². The number of likely N-dealkylation sites (tertiary alicyclic amines) is 1. The second kappa shape index (κ2) is 7.51. The topological polar surface area (TPSA) is 34.6 Å². The van der Waals surface area contributed by atoms with Crippen LogP contribution in [0.1, 0.15) is 50.5 Å². The van der Waals surface area contributed by atoms with E-state index in [4.69, 9.17) is 9.47 Å². The number of aromatic nitrogens is 1. The third kappa shape index (κ3) is 3.98. The van der Waals surface area contributed by atoms with Gasteiger partial charge < -0.3 is 14.4 Å². The maximum absolute atomic E-state index is 6.24. The van der Waals surface area contributed by atoms with Gasteiger partial charge in [0.2, 0.25) is 0 Å². The molecule has 3 fully saturated rings. The SMILES string of the molecule is c1cc(CO[C@H]2COC3(CCN(CC4CCCC4)CC3)C2)ccn1. The van der Waals surface area contributed by atoms with E-state index in [0.717, 1.165) is 18.9 Å². The fraction of sp³-hybridized carbons (Fsp3) is 0.750. The first-order valence-corrected chi connectivity index (χ1v) is 9.68. The molecular formula is C20H30N2O2. The monoisotopic (exact) mass is 330 g/mol. The normalized spacial score (nSPS) is 27.9. The summed E-state index contributed by atoms with van der Waals surface area (Å²) >= 11 is 0. The molecule has 1 aromatic rings. The Morgan fingerprint density at radius 3 is 2.67 bits per heavy atom. The van der Waals surface area contributed by atoms with Gasteiger partial charge in [-0.15, -0.1) is 0 Å². The van der Waals surface area contributed by atoms with E-state index in [2.05, 4.69) is 9.88 Å². The van der Waals surface area contributed by atoms with Gasteiger partial charge in [0.25, 0.3) is 0 Å². The second-order valence-electron chi connectivity index (χ2n) is 7.94. The molecule has 1 spiro atoms. The number of nitrogens with zero attached hydrogens (tertiary/aromatic N) is 2. The Kier molecular flexibility index (Phi) is 5.16. The molecule has 0 bridgehead atoms. The minimum atomic E-state index is 0.0923. The predicted molar refractivity (Wildman–Crippen MR) is 93.7 cm³/mol. The van der Waals surface area contributed by atoms with Crippen LogP contribution in [0, 0.1) is 5.92 Å². The Balaban J connectivity index is 1.21. The van der Waals surface area contributed by atoms with Gasteiger partial charge in [0.1, 0.15) is 0 Å². The summed E-state index contributed by atoms with van der Waals surface area (Å²) in [4.78, 5) is 6.73. The summed E-state index contributed by atoms with van der Waals surface area (Å²) in [7, 11) is 0. The van der Waals surface area contributed by atoms with Crippen molar-refractivity contribution in [2.45, 2.75) is 63.3 Å². The van der Waals surface area contributed by atoms with Crippen LogP contribution in [0.4, 0.5) is 0 Å². The van der Waals surface area contributed by atoms with Crippen LogP contribution in [0.15, 0.2) is 24.5 Å². The minimum Gasteiger partial charge on any atom is -0.372 e. The van der Waals surface area contributed by atoms with Gasteiger partial charge in [0.05, 0.1) is 24.9 Å². The first-order valence-electron chi connectivity index (χ1n) is 9.68. The van der Waals surface area contributed by atoms with Gasteiger partial charge in [-0.25, -0.2) is 0 Å². The molecule has 4 rings (SSSR count). The van der Waals surface area contributed by atoms with Gasteiger partial charge in [-0.05, 0) is 49.3 Å². The van der Waals surface area contributed by atoms with Crippen molar-refractivity contribution < 1.29 is 9.47 Å². The lowest BCUT2D eigenvalue weighted by atomic mass is 9.87. The standard InChI is InChI=1S/C20H30N2O2/c1-2-4-17(3-1)14-22-11-7-20(8-12-22)13-19(16-24-20)23-15-18-5-9-21-10-6-18/h5-6,9-10,17,19H,1-4,7-8,11-16H2/t19-/m1/s1. The van der Waals surface area contributed by atoms with Crippen molar-refractivity contribution in [3.8, 4) is 0 Å². The van der Waals surface area contributed by atoms with E-state index in [9.17, 15) is 0 Å². The van der Waals surface area contributed by atoms with Crippen LogP contribution >= 0.6 is 0 Å². The molecule has 4 nitrogen and oxygen atoms in total. The Labute approximate surface area is 145 Å². The van der Waals surface area contributed by atoms with Crippen molar-refractivity contribution in [2.24, 2.45) is 5.92 Å². The largest absolute Gasteiger partial charge is 0.372 e. The predicted octanol–water partition coefficient (Wildman–Crippen LogP) is 3.41. The maximum atomic E-state index is 6.24. The molecule has 2 saturated heterocycles. The van der Waals surface area contributed by atoms with Crippen molar-refractivity contribution in [1.82, 2.24) is 9.88 Å². The number of pyridine rings is 1. The molecule has 2 aliphatic heterocycles. The van der Waals surface area contributed by atoms with Crippen LogP contribution in [-0.4, -0.2) is 47.8 Å². The highest BCUT2D eigenvalue weighted by atomic mass is 16.6. The molecular weight excluding hydrogens is 300 g/mol. The first kappa shape index (κ1) is 16.5. The van der Waals surface area contributed by atoms with Crippen LogP contribution in [0.3, 0.4) is 0 Å². The first-order chi connectivity index (χ1) is 11.8. The van der Waals surface area contributed by atoms with Crippen molar-refractivity contribution in [3.05, 3.63) is 30.1 Å². The summed E-state index contributed by atoms with van der Waals surface area (Å²) in [6.07, 6.45) is 13.1. The molecule has 0 unspecified atom stereocenters. The number of hydrogen-bond acceptors (Lipinski definition) is 4. The minimum absolute atomic E-state index is 0.0923. The highest BCUT2D eigenvalue weighted by molar-refractivity contribution is 5.08. The molecule has 3 aliphatic rings. The zero-order valence-electron chi connectivity index (χ0n) is 14.7. The highest BCUT2D eigenvalue weighted by Crippen LogP contribution is 2.38. The lowest BCUT2D eigenvalue weighted by Crippen LogP contribution is -2.45. The molecule has 24 heavy (non-hydrogen) atoms. The van der Waals surface area contributed by atoms with E-state index in [0.29, 0.717) is 6.61 Å². The van der Waals surface area contributed by atoms with E-state index in [-0.39, 0.29) is 11.7 Å². The maximum Gasteiger partial charge on any atom is 0.0840 e. The van der Waals surface area contributed by atoms with Crippen molar-refractivity contribution in [3.63, 3.8) is 0 Å². The molecule has 0 amide bonds. The molecule has 0 aromatic carbocycles. The average molecular weight is 330 g/mol. The molecule has 1 atom stereocenters. The van der Waals surface area contributed by atoms with Gasteiger partial charge in [-0.3, -0.25) is 4.98 Å². The van der Waals surface area contributed by atoms with Gasteiger partial charge in [-0.1, -0.05) is 12.8 Å². The van der Waals surface area contributed by atoms with Gasteiger partial charge in [0.15, 0.2) is 0 Å². The molecule has 4 heteroatoms. The number of ether oxygens (including phenoxy) is 2. The highest BCUT2D eigenvalue weighted by Gasteiger charge is 2.43. The summed E-state index contributed by atoms with van der Waals surface area (Å²) in [6, 6.07) is 4.04.